The van der Waals surface area contributed by atoms with Crippen LogP contribution >= 0.6 is 11.3 Å². The van der Waals surface area contributed by atoms with E-state index in [1.54, 1.807) is 11.3 Å². The molecule has 2 aromatic heterocycles. The molecule has 0 aliphatic carbocycles. The molecule has 0 radical (unpaired) electrons. The molecular weight excluding hydrogens is 246 g/mol. The van der Waals surface area contributed by atoms with Crippen LogP contribution in [0, 0.1) is 6.92 Å². The number of thiazole rings is 1. The van der Waals surface area contributed by atoms with E-state index in [1.165, 1.54) is 4.88 Å². The zero-order valence-corrected chi connectivity index (χ0v) is 11.9. The van der Waals surface area contributed by atoms with Crippen LogP contribution in [0.4, 0.5) is 5.13 Å². The molecule has 2 heterocycles. The van der Waals surface area contributed by atoms with Gasteiger partial charge in [-0.1, -0.05) is 6.92 Å². The first kappa shape index (κ1) is 13.1. The second-order valence-electron chi connectivity index (χ2n) is 4.29. The Bertz CT molecular complexity index is 497. The number of aryl methyl sites for hydroxylation is 2. The number of aromatic nitrogens is 1. The second kappa shape index (κ2) is 5.54. The van der Waals surface area contributed by atoms with E-state index in [4.69, 9.17) is 10.2 Å². The first-order valence-corrected chi connectivity index (χ1v) is 6.90. The molecule has 18 heavy (non-hydrogen) atoms. The molecule has 0 spiro atoms. The van der Waals surface area contributed by atoms with Gasteiger partial charge in [0.1, 0.15) is 11.5 Å². The lowest BCUT2D eigenvalue weighted by atomic mass is 10.3. The Hall–Kier alpha value is -1.33. The Kier molecular flexibility index (Phi) is 4.04. The lowest BCUT2D eigenvalue weighted by molar-refractivity contribution is 0.481. The van der Waals surface area contributed by atoms with E-state index in [-0.39, 0.29) is 0 Å². The van der Waals surface area contributed by atoms with Gasteiger partial charge < -0.3 is 15.1 Å². The number of furan rings is 1. The van der Waals surface area contributed by atoms with Gasteiger partial charge in [-0.05, 0) is 25.5 Å². The number of hydrogen-bond acceptors (Lipinski definition) is 5. The molecule has 98 valence electrons. The molecule has 0 aliphatic heterocycles. The molecule has 0 unspecified atom stereocenters. The predicted molar refractivity (Wildman–Crippen MR) is 74.9 cm³/mol. The van der Waals surface area contributed by atoms with Gasteiger partial charge in [0.2, 0.25) is 0 Å². The summed E-state index contributed by atoms with van der Waals surface area (Å²) in [6.07, 6.45) is 0.927. The molecule has 0 aliphatic rings. The lowest BCUT2D eigenvalue weighted by Gasteiger charge is -2.13. The minimum atomic E-state index is 0.564. The van der Waals surface area contributed by atoms with E-state index in [1.807, 2.05) is 26.1 Å². The number of nitrogens with zero attached hydrogens (tertiary/aromatic N) is 2. The van der Waals surface area contributed by atoms with Crippen LogP contribution in [0.3, 0.4) is 0 Å². The summed E-state index contributed by atoms with van der Waals surface area (Å²) < 4.78 is 5.58. The van der Waals surface area contributed by atoms with Gasteiger partial charge in [-0.2, -0.15) is 0 Å². The maximum Gasteiger partial charge on any atom is 0.185 e. The summed E-state index contributed by atoms with van der Waals surface area (Å²) >= 11 is 1.67. The fourth-order valence-electron chi connectivity index (χ4n) is 1.84. The Morgan fingerprint density at radius 3 is 2.72 bits per heavy atom. The van der Waals surface area contributed by atoms with Crippen molar-refractivity contribution in [3.8, 4) is 0 Å². The monoisotopic (exact) mass is 265 g/mol. The van der Waals surface area contributed by atoms with Gasteiger partial charge in [-0.3, -0.25) is 0 Å². The third-order valence-corrected chi connectivity index (χ3v) is 4.04. The molecule has 0 saturated heterocycles. The lowest BCUT2D eigenvalue weighted by Crippen LogP contribution is -2.15. The first-order chi connectivity index (χ1) is 8.63. The van der Waals surface area contributed by atoms with Crippen LogP contribution in [0.15, 0.2) is 16.5 Å². The normalized spacial score (nSPS) is 10.9. The summed E-state index contributed by atoms with van der Waals surface area (Å²) in [5.41, 5.74) is 6.84. The maximum atomic E-state index is 5.73. The van der Waals surface area contributed by atoms with E-state index in [0.717, 1.165) is 35.3 Å². The van der Waals surface area contributed by atoms with Crippen molar-refractivity contribution in [1.82, 2.24) is 4.98 Å². The first-order valence-electron chi connectivity index (χ1n) is 6.09. The number of nitrogens with two attached hydrogens (primary N) is 1. The Balaban J connectivity index is 2.13. The summed E-state index contributed by atoms with van der Waals surface area (Å²) in [6, 6.07) is 3.98. The fourth-order valence-corrected chi connectivity index (χ4v) is 2.83. The molecule has 0 aromatic carbocycles. The van der Waals surface area contributed by atoms with E-state index >= 15 is 0 Å². The molecule has 2 N–H and O–H groups in total. The predicted octanol–water partition coefficient (Wildman–Crippen LogP) is 2.70. The molecule has 4 nitrogen and oxygen atoms in total. The number of anilines is 1. The SMILES string of the molecule is CCc1nc(N(C)Cc2ccc(C)o2)sc1CN. The van der Waals surface area contributed by atoms with Crippen molar-refractivity contribution < 1.29 is 4.42 Å². The molecule has 2 aromatic rings. The summed E-state index contributed by atoms with van der Waals surface area (Å²) in [5.74, 6) is 1.90. The Morgan fingerprint density at radius 1 is 1.44 bits per heavy atom. The summed E-state index contributed by atoms with van der Waals surface area (Å²) in [7, 11) is 2.02. The van der Waals surface area contributed by atoms with Crippen LogP contribution in [0.2, 0.25) is 0 Å². The van der Waals surface area contributed by atoms with E-state index in [2.05, 4.69) is 16.8 Å². The van der Waals surface area contributed by atoms with Crippen LogP contribution < -0.4 is 10.6 Å². The molecule has 0 saturated carbocycles. The van der Waals surface area contributed by atoms with E-state index in [0.29, 0.717) is 6.54 Å². The molecular formula is C13H19N3OS. The highest BCUT2D eigenvalue weighted by Gasteiger charge is 2.13. The van der Waals surface area contributed by atoms with Crippen molar-refractivity contribution in [1.29, 1.82) is 0 Å². The van der Waals surface area contributed by atoms with Gasteiger partial charge in [-0.15, -0.1) is 11.3 Å². The van der Waals surface area contributed by atoms with Gasteiger partial charge in [0.05, 0.1) is 12.2 Å². The zero-order chi connectivity index (χ0) is 13.1. The van der Waals surface area contributed by atoms with Crippen molar-refractivity contribution in [2.75, 3.05) is 11.9 Å². The molecule has 5 heteroatoms. The molecule has 2 rings (SSSR count). The zero-order valence-electron chi connectivity index (χ0n) is 11.1. The van der Waals surface area contributed by atoms with Crippen LogP contribution in [0.5, 0.6) is 0 Å². The van der Waals surface area contributed by atoms with Crippen molar-refractivity contribution in [2.45, 2.75) is 33.4 Å². The van der Waals surface area contributed by atoms with Crippen molar-refractivity contribution in [3.05, 3.63) is 34.2 Å². The Morgan fingerprint density at radius 2 is 2.22 bits per heavy atom. The van der Waals surface area contributed by atoms with Crippen LogP contribution in [0.25, 0.3) is 0 Å². The van der Waals surface area contributed by atoms with Crippen LogP contribution in [-0.4, -0.2) is 12.0 Å². The fraction of sp³-hybridized carbons (Fsp3) is 0.462. The quantitative estimate of drug-likeness (QED) is 0.903. The average Bonchev–Trinajstić information content (AvgIpc) is 2.95. The molecule has 0 fully saturated rings. The van der Waals surface area contributed by atoms with Crippen molar-refractivity contribution >= 4 is 16.5 Å². The van der Waals surface area contributed by atoms with Gasteiger partial charge in [0.15, 0.2) is 5.13 Å². The van der Waals surface area contributed by atoms with Gasteiger partial charge in [0.25, 0.3) is 0 Å². The summed E-state index contributed by atoms with van der Waals surface area (Å²) in [4.78, 5) is 7.90. The minimum absolute atomic E-state index is 0.564. The standard InChI is InChI=1S/C13H19N3OS/c1-4-11-12(7-14)18-13(15-11)16(3)8-10-6-5-9(2)17-10/h5-6H,4,7-8,14H2,1-3H3. The van der Waals surface area contributed by atoms with Crippen molar-refractivity contribution in [2.24, 2.45) is 5.73 Å². The molecule has 0 bridgehead atoms. The molecule has 0 amide bonds. The van der Waals surface area contributed by atoms with Crippen LogP contribution in [-0.2, 0) is 19.5 Å². The third-order valence-electron chi connectivity index (χ3n) is 2.80. The molecule has 0 atom stereocenters. The Labute approximate surface area is 111 Å². The van der Waals surface area contributed by atoms with E-state index in [9.17, 15) is 0 Å². The number of hydrogen-bond donors (Lipinski definition) is 1. The summed E-state index contributed by atoms with van der Waals surface area (Å²) in [5, 5.41) is 1.00. The minimum Gasteiger partial charge on any atom is -0.464 e. The summed E-state index contributed by atoms with van der Waals surface area (Å²) in [6.45, 7) is 5.35. The maximum absolute atomic E-state index is 5.73. The highest BCUT2D eigenvalue weighted by Crippen LogP contribution is 2.27. The van der Waals surface area contributed by atoms with E-state index < -0.39 is 0 Å². The average molecular weight is 265 g/mol. The van der Waals surface area contributed by atoms with Gasteiger partial charge in [-0.25, -0.2) is 4.98 Å². The third kappa shape index (κ3) is 2.73. The highest BCUT2D eigenvalue weighted by atomic mass is 32.1. The van der Waals surface area contributed by atoms with Crippen molar-refractivity contribution in [3.63, 3.8) is 0 Å². The number of rotatable bonds is 5. The topological polar surface area (TPSA) is 55.3 Å². The van der Waals surface area contributed by atoms with Gasteiger partial charge in [0, 0.05) is 18.5 Å². The van der Waals surface area contributed by atoms with Crippen LogP contribution in [0.1, 0.15) is 29.0 Å². The van der Waals surface area contributed by atoms with Gasteiger partial charge >= 0.3 is 0 Å². The highest BCUT2D eigenvalue weighted by molar-refractivity contribution is 7.15. The second-order valence-corrected chi connectivity index (χ2v) is 5.35. The smallest absolute Gasteiger partial charge is 0.185 e. The largest absolute Gasteiger partial charge is 0.464 e.